The van der Waals surface area contributed by atoms with Gasteiger partial charge in [0.25, 0.3) is 0 Å². The van der Waals surface area contributed by atoms with Crippen molar-refractivity contribution in [2.45, 2.75) is 26.7 Å². The summed E-state index contributed by atoms with van der Waals surface area (Å²) in [7, 11) is 9.25. The summed E-state index contributed by atoms with van der Waals surface area (Å²) in [6.07, 6.45) is 2.64. The Kier molecular flexibility index (Phi) is 35.1. The number of ether oxygens (including phenoxy) is 1. The van der Waals surface area contributed by atoms with Crippen LogP contribution in [0, 0.1) is 0 Å². The molecule has 2 nitrogen and oxygen atoms in total. The largest absolute Gasteiger partial charge is 0.388 e. The summed E-state index contributed by atoms with van der Waals surface area (Å²) in [6.45, 7) is 4.36. The molecule has 0 aromatic rings. The van der Waals surface area contributed by atoms with Gasteiger partial charge in [-0.2, -0.15) is 0 Å². The monoisotopic (exact) mass is 163 g/mol. The van der Waals surface area contributed by atoms with Gasteiger partial charge in [-0.1, -0.05) is 26.7 Å². The van der Waals surface area contributed by atoms with Crippen LogP contribution < -0.4 is 0 Å². The van der Waals surface area contributed by atoms with E-state index in [9.17, 15) is 0 Å². The van der Waals surface area contributed by atoms with Crippen molar-refractivity contribution in [2.24, 2.45) is 0 Å². The fourth-order valence-electron chi connectivity index (χ4n) is 0. The molecule has 11 heavy (non-hydrogen) atoms. The maximum atomic E-state index is 4.25. The Balaban J connectivity index is -0.0000000886. The van der Waals surface area contributed by atoms with Crippen molar-refractivity contribution in [1.82, 2.24) is 4.90 Å². The van der Waals surface area contributed by atoms with Gasteiger partial charge >= 0.3 is 0 Å². The van der Waals surface area contributed by atoms with Gasteiger partial charge in [0.05, 0.1) is 0 Å². The summed E-state index contributed by atoms with van der Waals surface area (Å²) < 4.78 is 4.25. The highest BCUT2D eigenvalue weighted by atomic mass is 16.4. The van der Waals surface area contributed by atoms with Gasteiger partial charge in [0, 0.05) is 14.2 Å². The fraction of sp³-hybridized carbons (Fsp3) is 1.00. The van der Waals surface area contributed by atoms with Crippen LogP contribution in [0.1, 0.15) is 26.7 Å². The lowest BCUT2D eigenvalue weighted by Crippen LogP contribution is -1.99. The van der Waals surface area contributed by atoms with E-state index in [1.54, 1.807) is 14.2 Å². The Hall–Kier alpha value is -0.0800. The summed E-state index contributed by atoms with van der Waals surface area (Å²) in [6, 6.07) is 0. The first kappa shape index (κ1) is 17.1. The maximum Gasteiger partial charge on any atom is 0.0351 e. The Morgan fingerprint density at radius 3 is 1.00 bits per heavy atom. The molecule has 2 heteroatoms. The van der Waals surface area contributed by atoms with E-state index < -0.39 is 0 Å². The van der Waals surface area contributed by atoms with Gasteiger partial charge in [-0.05, 0) is 21.1 Å². The first-order valence-corrected chi connectivity index (χ1v) is 4.07. The minimum atomic E-state index is 1.32. The lowest BCUT2D eigenvalue weighted by molar-refractivity contribution is 0.277. The third kappa shape index (κ3) is 735. The second kappa shape index (κ2) is 22.5. The van der Waals surface area contributed by atoms with Crippen LogP contribution in [0.3, 0.4) is 0 Å². The third-order valence-electron chi connectivity index (χ3n) is 0.500. The second-order valence-electron chi connectivity index (χ2n) is 2.75. The smallest absolute Gasteiger partial charge is 0.0351 e. The Labute approximate surface area is 72.5 Å². The van der Waals surface area contributed by atoms with Gasteiger partial charge in [-0.15, -0.1) is 0 Å². The predicted octanol–water partition coefficient (Wildman–Crippen LogP) is 2.25. The number of hydrogen-bond acceptors (Lipinski definition) is 2. The second-order valence-corrected chi connectivity index (χ2v) is 2.75. The SMILES string of the molecule is CCCC.CN(C)C.COC. The average molecular weight is 163 g/mol. The molecule has 0 aliphatic heterocycles. The molecule has 0 rings (SSSR count). The first-order chi connectivity index (χ1) is 5.06. The van der Waals surface area contributed by atoms with Gasteiger partial charge in [0.15, 0.2) is 0 Å². The van der Waals surface area contributed by atoms with Gasteiger partial charge in [-0.25, -0.2) is 0 Å². The zero-order valence-corrected chi connectivity index (χ0v) is 9.27. The minimum absolute atomic E-state index is 1.32. The van der Waals surface area contributed by atoms with E-state index in [2.05, 4.69) is 18.6 Å². The van der Waals surface area contributed by atoms with Crippen LogP contribution in [0.5, 0.6) is 0 Å². The molecule has 0 radical (unpaired) electrons. The van der Waals surface area contributed by atoms with Gasteiger partial charge in [0.1, 0.15) is 0 Å². The molecule has 0 atom stereocenters. The normalized spacial score (nSPS) is 7.64. The van der Waals surface area contributed by atoms with E-state index in [4.69, 9.17) is 0 Å². The highest BCUT2D eigenvalue weighted by Crippen LogP contribution is 1.76. The van der Waals surface area contributed by atoms with Crippen molar-refractivity contribution < 1.29 is 4.74 Å². The molecule has 0 unspecified atom stereocenters. The molecule has 0 fully saturated rings. The fourth-order valence-corrected chi connectivity index (χ4v) is 0. The van der Waals surface area contributed by atoms with Crippen molar-refractivity contribution in [1.29, 1.82) is 0 Å². The summed E-state index contributed by atoms with van der Waals surface area (Å²) in [5, 5.41) is 0. The van der Waals surface area contributed by atoms with Crippen molar-refractivity contribution in [3.8, 4) is 0 Å². The first-order valence-electron chi connectivity index (χ1n) is 4.07. The predicted molar refractivity (Wildman–Crippen MR) is 53.1 cm³/mol. The third-order valence-corrected chi connectivity index (χ3v) is 0.500. The number of nitrogens with zero attached hydrogens (tertiary/aromatic N) is 1. The highest BCUT2D eigenvalue weighted by molar-refractivity contribution is 4.12. The zero-order chi connectivity index (χ0) is 9.70. The molecule has 0 aliphatic carbocycles. The van der Waals surface area contributed by atoms with Gasteiger partial charge in [0.2, 0.25) is 0 Å². The summed E-state index contributed by atoms with van der Waals surface area (Å²) in [4.78, 5) is 2.00. The molecule has 0 aliphatic rings. The zero-order valence-electron chi connectivity index (χ0n) is 9.27. The topological polar surface area (TPSA) is 12.5 Å². The van der Waals surface area contributed by atoms with Crippen LogP contribution in [0.15, 0.2) is 0 Å². The van der Waals surface area contributed by atoms with Crippen LogP contribution >= 0.6 is 0 Å². The van der Waals surface area contributed by atoms with E-state index in [0.717, 1.165) is 0 Å². The van der Waals surface area contributed by atoms with Gasteiger partial charge < -0.3 is 9.64 Å². The maximum absolute atomic E-state index is 4.25. The quantitative estimate of drug-likeness (QED) is 0.588. The van der Waals surface area contributed by atoms with Crippen molar-refractivity contribution in [3.63, 3.8) is 0 Å². The van der Waals surface area contributed by atoms with Crippen molar-refractivity contribution >= 4 is 0 Å². The number of methoxy groups -OCH3 is 1. The lowest BCUT2D eigenvalue weighted by atomic mass is 10.4. The van der Waals surface area contributed by atoms with Crippen LogP contribution in [0.2, 0.25) is 0 Å². The van der Waals surface area contributed by atoms with Gasteiger partial charge in [-0.3, -0.25) is 0 Å². The molecule has 72 valence electrons. The lowest BCUT2D eigenvalue weighted by Gasteiger charge is -1.90. The highest BCUT2D eigenvalue weighted by Gasteiger charge is 1.58. The average Bonchev–Trinajstić information content (AvgIpc) is 1.88. The van der Waals surface area contributed by atoms with E-state index in [0.29, 0.717) is 0 Å². The Bertz CT molecular complexity index is 33.8. The van der Waals surface area contributed by atoms with Crippen LogP contribution in [-0.2, 0) is 4.74 Å². The number of hydrogen-bond donors (Lipinski definition) is 0. The minimum Gasteiger partial charge on any atom is -0.388 e. The molecule has 0 aromatic heterocycles. The molecule has 0 aromatic carbocycles. The summed E-state index contributed by atoms with van der Waals surface area (Å²) in [5.74, 6) is 0. The molecule has 0 saturated heterocycles. The van der Waals surface area contributed by atoms with Crippen LogP contribution in [0.25, 0.3) is 0 Å². The molecular formula is C9H25NO. The number of unbranched alkanes of at least 4 members (excludes halogenated alkanes) is 1. The Morgan fingerprint density at radius 2 is 1.00 bits per heavy atom. The number of rotatable bonds is 1. The van der Waals surface area contributed by atoms with Crippen LogP contribution in [-0.4, -0.2) is 40.3 Å². The van der Waals surface area contributed by atoms with Crippen molar-refractivity contribution in [2.75, 3.05) is 35.4 Å². The molecule has 0 heterocycles. The van der Waals surface area contributed by atoms with E-state index in [-0.39, 0.29) is 0 Å². The standard InChI is InChI=1S/C4H10.C3H9N.C2H6O/c1-3-4-2;1-4(2)3;1-3-2/h3-4H2,1-2H3;1-3H3;1-2H3. The van der Waals surface area contributed by atoms with E-state index in [1.165, 1.54) is 12.8 Å². The van der Waals surface area contributed by atoms with Crippen LogP contribution in [0.4, 0.5) is 0 Å². The van der Waals surface area contributed by atoms with E-state index in [1.807, 2.05) is 26.0 Å². The molecule has 0 amide bonds. The van der Waals surface area contributed by atoms with E-state index >= 15 is 0 Å². The molecule has 0 N–H and O–H groups in total. The summed E-state index contributed by atoms with van der Waals surface area (Å²) in [5.41, 5.74) is 0. The molecule has 0 bridgehead atoms. The molecule has 0 spiro atoms. The Morgan fingerprint density at radius 1 is 0.909 bits per heavy atom. The molecule has 0 saturated carbocycles. The summed E-state index contributed by atoms with van der Waals surface area (Å²) >= 11 is 0. The molecular weight excluding hydrogens is 138 g/mol. The van der Waals surface area contributed by atoms with Crippen molar-refractivity contribution in [3.05, 3.63) is 0 Å².